The van der Waals surface area contributed by atoms with E-state index in [1.807, 2.05) is 0 Å². The third kappa shape index (κ3) is 20.1. The standard InChI is InChI=1S/C54H92N10O16/c1-5-30(2)26-31(3)12-10-8-6-7-9-11-13-41(71)58-36-28-40(70)48(57-22-25-80-24-21-56)62-52(77)45-39(69)19-23-63(45)54(79)43(38(68)18-20-55)60-51(76)44(47(73)46(72)33-14-16-34(66)17-15-33)61-50(75)37-27-35(67)29-64(37)53(78)42(32(4)65)59-49(36)74/h14-17,30-32,35-40,42-48,57,65-70,72-73H,5-13,18-29,55-56H2,1-4H3,(H,58,71)(H,59,74)(H,60,76)(H,61,75)(H,62,77)/t30?,31?,32-,35-,36+,37?,38-,39+,40-,42?,43?,44?,45?,46+,47+,48?/m1/s1. The second-order valence-corrected chi connectivity index (χ2v) is 21.9. The summed E-state index contributed by atoms with van der Waals surface area (Å²) in [7, 11) is 0. The minimum atomic E-state index is -2.29. The summed E-state index contributed by atoms with van der Waals surface area (Å²) < 4.78 is 5.48. The van der Waals surface area contributed by atoms with Crippen molar-refractivity contribution in [3.63, 3.8) is 0 Å². The summed E-state index contributed by atoms with van der Waals surface area (Å²) in [6.45, 7) is 7.04. The molecule has 3 fully saturated rings. The van der Waals surface area contributed by atoms with Gasteiger partial charge in [-0.05, 0) is 68.7 Å². The van der Waals surface area contributed by atoms with Crippen LogP contribution in [0.2, 0.25) is 0 Å². The zero-order valence-corrected chi connectivity index (χ0v) is 46.8. The molecule has 454 valence electrons. The van der Waals surface area contributed by atoms with E-state index in [2.05, 4.69) is 52.7 Å². The largest absolute Gasteiger partial charge is 0.508 e. The van der Waals surface area contributed by atoms with E-state index < -0.39 is 146 Å². The first kappa shape index (κ1) is 67.4. The summed E-state index contributed by atoms with van der Waals surface area (Å²) in [4.78, 5) is 103. The van der Waals surface area contributed by atoms with Crippen LogP contribution in [-0.2, 0) is 38.3 Å². The molecule has 3 saturated heterocycles. The van der Waals surface area contributed by atoms with E-state index in [0.29, 0.717) is 24.7 Å². The number of fused-ring (bicyclic) bond motifs is 2. The molecule has 0 saturated carbocycles. The van der Waals surface area contributed by atoms with Crippen LogP contribution < -0.4 is 43.4 Å². The predicted octanol–water partition coefficient (Wildman–Crippen LogP) is -3.30. The number of nitrogens with two attached hydrogens (primary N) is 2. The average Bonchev–Trinajstić information content (AvgIpc) is 4.12. The maximum absolute atomic E-state index is 14.7. The van der Waals surface area contributed by atoms with E-state index in [1.54, 1.807) is 0 Å². The van der Waals surface area contributed by atoms with Gasteiger partial charge in [0.15, 0.2) is 0 Å². The van der Waals surface area contributed by atoms with Gasteiger partial charge in [0.2, 0.25) is 41.4 Å². The smallest absolute Gasteiger partial charge is 0.248 e. The Labute approximate surface area is 468 Å². The van der Waals surface area contributed by atoms with E-state index in [1.165, 1.54) is 30.7 Å². The lowest BCUT2D eigenvalue weighted by Crippen LogP contribution is -2.65. The molecule has 4 rings (SSSR count). The number of aliphatic hydroxyl groups excluding tert-OH is 7. The van der Waals surface area contributed by atoms with Crippen molar-refractivity contribution in [3.8, 4) is 5.75 Å². The summed E-state index contributed by atoms with van der Waals surface area (Å²) in [5, 5.41) is 105. The fourth-order valence-electron chi connectivity index (χ4n) is 10.5. The van der Waals surface area contributed by atoms with Crippen molar-refractivity contribution in [1.82, 2.24) is 41.7 Å². The summed E-state index contributed by atoms with van der Waals surface area (Å²) >= 11 is 0. The minimum absolute atomic E-state index is 0.00520. The zero-order chi connectivity index (χ0) is 59.2. The van der Waals surface area contributed by atoms with E-state index in [0.717, 1.165) is 55.2 Å². The molecule has 7 amide bonds. The molecule has 80 heavy (non-hydrogen) atoms. The Kier molecular flexibility index (Phi) is 28.4. The fourth-order valence-corrected chi connectivity index (χ4v) is 10.5. The number of aromatic hydroxyl groups is 1. The van der Waals surface area contributed by atoms with E-state index >= 15 is 0 Å². The molecule has 0 bridgehead atoms. The van der Waals surface area contributed by atoms with Crippen molar-refractivity contribution in [2.75, 3.05) is 45.9 Å². The highest BCUT2D eigenvalue weighted by molar-refractivity contribution is 5.98. The van der Waals surface area contributed by atoms with Crippen molar-refractivity contribution in [1.29, 1.82) is 0 Å². The van der Waals surface area contributed by atoms with Gasteiger partial charge >= 0.3 is 0 Å². The number of hydrogen-bond acceptors (Lipinski definition) is 19. The topological polar surface area (TPSA) is 421 Å². The van der Waals surface area contributed by atoms with Gasteiger partial charge in [0.1, 0.15) is 60.4 Å². The van der Waals surface area contributed by atoms with Gasteiger partial charge in [-0.1, -0.05) is 77.8 Å². The van der Waals surface area contributed by atoms with Crippen molar-refractivity contribution < 1.29 is 79.2 Å². The molecule has 0 aromatic heterocycles. The number of nitrogens with one attached hydrogen (secondary N) is 6. The molecule has 3 heterocycles. The summed E-state index contributed by atoms with van der Waals surface area (Å²) in [5.41, 5.74) is 11.3. The molecule has 1 aromatic carbocycles. The lowest BCUT2D eigenvalue weighted by molar-refractivity contribution is -0.148. The highest BCUT2D eigenvalue weighted by atomic mass is 16.5. The number of phenolic OH excluding ortho intramolecular Hbond substituents is 1. The molecule has 16 atom stereocenters. The Morgan fingerprint density at radius 1 is 0.725 bits per heavy atom. The third-order valence-corrected chi connectivity index (χ3v) is 15.3. The van der Waals surface area contributed by atoms with Gasteiger partial charge < -0.3 is 93.4 Å². The number of aliphatic hydroxyl groups is 7. The molecule has 0 radical (unpaired) electrons. The van der Waals surface area contributed by atoms with Crippen molar-refractivity contribution in [2.24, 2.45) is 23.3 Å². The quantitative estimate of drug-likeness (QED) is 0.0404. The van der Waals surface area contributed by atoms with Gasteiger partial charge in [-0.15, -0.1) is 0 Å². The van der Waals surface area contributed by atoms with Crippen LogP contribution in [0.25, 0.3) is 0 Å². The number of hydrogen-bond donors (Lipinski definition) is 16. The fraction of sp³-hybridized carbons (Fsp3) is 0.759. The van der Waals surface area contributed by atoms with Gasteiger partial charge in [-0.2, -0.15) is 0 Å². The second kappa shape index (κ2) is 33.7. The number of benzene rings is 1. The monoisotopic (exact) mass is 1140 g/mol. The Morgan fingerprint density at radius 2 is 1.36 bits per heavy atom. The number of unbranched alkanes of at least 4 members (excludes halogenated alkanes) is 5. The molecule has 26 nitrogen and oxygen atoms in total. The number of carbonyl (C=O) groups is 7. The third-order valence-electron chi connectivity index (χ3n) is 15.3. The van der Waals surface area contributed by atoms with Gasteiger partial charge in [0.05, 0.1) is 43.7 Å². The van der Waals surface area contributed by atoms with Gasteiger partial charge in [-0.3, -0.25) is 38.9 Å². The SMILES string of the molecule is CCC(C)CC(C)CCCCCCCCC(=O)N[C@H]1C[C@@H](O)C(NCCOCCN)NC(=O)C2[C@@H](O)CCN2C(=O)C([C@H](O)CCN)NC(=O)C([C@H](O)[C@@H](O)c2ccc(O)cc2)NC(=O)C2C[C@@H](O)CN2C(=O)C([C@@H](C)O)NC1=O. The summed E-state index contributed by atoms with van der Waals surface area (Å²) in [6, 6.07) is -6.47. The minimum Gasteiger partial charge on any atom is -0.508 e. The molecular formula is C54H92N10O16. The van der Waals surface area contributed by atoms with Crippen molar-refractivity contribution in [2.45, 2.75) is 203 Å². The van der Waals surface area contributed by atoms with E-state index in [-0.39, 0.29) is 70.0 Å². The predicted molar refractivity (Wildman–Crippen MR) is 291 cm³/mol. The first-order chi connectivity index (χ1) is 38.0. The van der Waals surface area contributed by atoms with Gasteiger partial charge in [0.25, 0.3) is 0 Å². The van der Waals surface area contributed by atoms with Crippen molar-refractivity contribution >= 4 is 41.4 Å². The Morgan fingerprint density at radius 3 is 2.01 bits per heavy atom. The highest BCUT2D eigenvalue weighted by Gasteiger charge is 2.49. The number of ether oxygens (including phenoxy) is 1. The average molecular weight is 1140 g/mol. The van der Waals surface area contributed by atoms with Crippen LogP contribution in [0.5, 0.6) is 5.75 Å². The number of nitrogens with zero attached hydrogens (tertiary/aromatic N) is 2. The lowest BCUT2D eigenvalue weighted by atomic mass is 9.91. The highest BCUT2D eigenvalue weighted by Crippen LogP contribution is 2.27. The maximum atomic E-state index is 14.7. The first-order valence-corrected chi connectivity index (χ1v) is 28.4. The second-order valence-electron chi connectivity index (χ2n) is 21.9. The van der Waals surface area contributed by atoms with Crippen molar-refractivity contribution in [3.05, 3.63) is 29.8 Å². The molecule has 18 N–H and O–H groups in total. The lowest BCUT2D eigenvalue weighted by Gasteiger charge is -2.35. The maximum Gasteiger partial charge on any atom is 0.248 e. The van der Waals surface area contributed by atoms with E-state index in [9.17, 15) is 74.4 Å². The molecule has 3 aliphatic rings. The van der Waals surface area contributed by atoms with Crippen LogP contribution in [0, 0.1) is 11.8 Å². The molecule has 3 aliphatic heterocycles. The van der Waals surface area contributed by atoms with Crippen LogP contribution in [-0.4, -0.2) is 217 Å². The number of rotatable bonds is 26. The van der Waals surface area contributed by atoms with Gasteiger partial charge in [0, 0.05) is 45.4 Å². The normalized spacial score (nSPS) is 28.0. The van der Waals surface area contributed by atoms with Gasteiger partial charge in [-0.25, -0.2) is 0 Å². The van der Waals surface area contributed by atoms with Crippen LogP contribution in [0.3, 0.4) is 0 Å². The first-order valence-electron chi connectivity index (χ1n) is 28.4. The molecule has 26 heteroatoms. The van der Waals surface area contributed by atoms with Crippen LogP contribution in [0.1, 0.15) is 129 Å². The zero-order valence-electron chi connectivity index (χ0n) is 46.8. The summed E-state index contributed by atoms with van der Waals surface area (Å²) in [5.74, 6) is -6.49. The summed E-state index contributed by atoms with van der Waals surface area (Å²) in [6.07, 6.45) is -7.15. The molecule has 0 aliphatic carbocycles. The van der Waals surface area contributed by atoms with E-state index in [4.69, 9.17) is 16.2 Å². The van der Waals surface area contributed by atoms with Crippen LogP contribution in [0.15, 0.2) is 24.3 Å². The Balaban J connectivity index is 1.75. The Hall–Kier alpha value is -5.13. The number of carbonyl (C=O) groups excluding carboxylic acids is 7. The number of phenols is 1. The van der Waals surface area contributed by atoms with Crippen LogP contribution >= 0.6 is 0 Å². The molecule has 1 aromatic rings. The number of amides is 7. The molecular weight excluding hydrogens is 1040 g/mol. The molecule has 8 unspecified atom stereocenters. The Bertz CT molecular complexity index is 2130. The molecule has 0 spiro atoms. The van der Waals surface area contributed by atoms with Crippen LogP contribution in [0.4, 0.5) is 0 Å².